The van der Waals surface area contributed by atoms with E-state index in [1.165, 1.54) is 31.4 Å². The van der Waals surface area contributed by atoms with Gasteiger partial charge in [-0.1, -0.05) is 42.1 Å². The van der Waals surface area contributed by atoms with Crippen LogP contribution in [0.4, 0.5) is 18.9 Å². The van der Waals surface area contributed by atoms with Crippen molar-refractivity contribution < 1.29 is 13.2 Å². The number of nitrogens with one attached hydrogen (secondary N) is 1. The minimum absolute atomic E-state index is 0.112. The quantitative estimate of drug-likeness (QED) is 0.667. The number of benzene rings is 1. The maximum absolute atomic E-state index is 13.1. The van der Waals surface area contributed by atoms with Gasteiger partial charge in [0, 0.05) is 16.2 Å². The van der Waals surface area contributed by atoms with Crippen LogP contribution in [0.25, 0.3) is 0 Å². The van der Waals surface area contributed by atoms with E-state index in [-0.39, 0.29) is 11.7 Å². The van der Waals surface area contributed by atoms with Crippen LogP contribution in [0.1, 0.15) is 51.0 Å². The van der Waals surface area contributed by atoms with Gasteiger partial charge in [-0.25, -0.2) is 0 Å². The number of hydrogen-bond acceptors (Lipinski definition) is 1. The average molecular weight is 364 g/mol. The number of hydrogen-bond donors (Lipinski definition) is 1. The summed E-state index contributed by atoms with van der Waals surface area (Å²) in [5.74, 6) is 0.476. The Balaban J connectivity index is 2.21. The lowest BCUT2D eigenvalue weighted by Gasteiger charge is -2.32. The number of anilines is 1. The average Bonchev–Trinajstić information content (AvgIpc) is 2.44. The van der Waals surface area contributed by atoms with Crippen molar-refractivity contribution in [2.45, 2.75) is 57.7 Å². The van der Waals surface area contributed by atoms with E-state index >= 15 is 0 Å². The van der Waals surface area contributed by atoms with Crippen LogP contribution >= 0.6 is 15.9 Å². The van der Waals surface area contributed by atoms with Crippen LogP contribution in [-0.4, -0.2) is 6.04 Å². The van der Waals surface area contributed by atoms with Crippen molar-refractivity contribution in [3.05, 3.63) is 28.2 Å². The summed E-state index contributed by atoms with van der Waals surface area (Å²) in [6.45, 7) is 2.04. The molecule has 2 rings (SSSR count). The molecule has 0 heterocycles. The van der Waals surface area contributed by atoms with E-state index in [0.717, 1.165) is 25.3 Å². The van der Waals surface area contributed by atoms with Gasteiger partial charge in [0.25, 0.3) is 0 Å². The molecule has 1 aliphatic carbocycles. The molecule has 1 atom stereocenters. The molecule has 1 aromatic rings. The first-order valence-corrected chi connectivity index (χ1v) is 8.34. The van der Waals surface area contributed by atoms with Crippen molar-refractivity contribution >= 4 is 21.6 Å². The molecular weight excluding hydrogens is 343 g/mol. The smallest absolute Gasteiger partial charge is 0.382 e. The number of rotatable bonds is 4. The highest BCUT2D eigenvalue weighted by atomic mass is 79.9. The maximum Gasteiger partial charge on any atom is 0.418 e. The van der Waals surface area contributed by atoms with E-state index in [1.807, 2.05) is 6.92 Å². The van der Waals surface area contributed by atoms with Gasteiger partial charge in [-0.15, -0.1) is 0 Å². The standard InChI is InChI=1S/C16H21BrF3N/c1-2-14(11-6-4-3-5-7-11)21-15-10-12(17)8-9-13(15)16(18,19)20/h8-11,14,21H,2-7H2,1H3. The molecule has 1 aliphatic rings. The van der Waals surface area contributed by atoms with Gasteiger partial charge in [-0.2, -0.15) is 13.2 Å². The molecule has 0 saturated heterocycles. The fraction of sp³-hybridized carbons (Fsp3) is 0.625. The summed E-state index contributed by atoms with van der Waals surface area (Å²) in [5, 5.41) is 3.16. The van der Waals surface area contributed by atoms with Crippen molar-refractivity contribution in [2.24, 2.45) is 5.92 Å². The molecule has 0 bridgehead atoms. The first-order chi connectivity index (χ1) is 9.91. The topological polar surface area (TPSA) is 12.0 Å². The zero-order valence-electron chi connectivity index (χ0n) is 12.1. The molecule has 0 spiro atoms. The van der Waals surface area contributed by atoms with E-state index in [1.54, 1.807) is 0 Å². The van der Waals surface area contributed by atoms with Gasteiger partial charge in [0.15, 0.2) is 0 Å². The summed E-state index contributed by atoms with van der Waals surface area (Å²) >= 11 is 3.26. The van der Waals surface area contributed by atoms with Crippen LogP contribution in [0.5, 0.6) is 0 Å². The second kappa shape index (κ2) is 7.03. The fourth-order valence-corrected chi connectivity index (χ4v) is 3.53. The Bertz CT molecular complexity index is 467. The van der Waals surface area contributed by atoms with E-state index < -0.39 is 11.7 Å². The van der Waals surface area contributed by atoms with Gasteiger partial charge in [0.1, 0.15) is 0 Å². The van der Waals surface area contributed by atoms with Crippen molar-refractivity contribution in [3.8, 4) is 0 Å². The number of alkyl halides is 3. The van der Waals surface area contributed by atoms with Gasteiger partial charge in [-0.05, 0) is 43.4 Å². The first-order valence-electron chi connectivity index (χ1n) is 7.55. The summed E-state index contributed by atoms with van der Waals surface area (Å²) < 4.78 is 40.0. The van der Waals surface area contributed by atoms with Gasteiger partial charge >= 0.3 is 6.18 Å². The molecule has 1 saturated carbocycles. The Kier molecular flexibility index (Phi) is 5.58. The van der Waals surface area contributed by atoms with Crippen LogP contribution in [0.2, 0.25) is 0 Å². The molecule has 1 nitrogen and oxygen atoms in total. The third-order valence-corrected chi connectivity index (χ3v) is 4.78. The van der Waals surface area contributed by atoms with Gasteiger partial charge in [0.05, 0.1) is 5.56 Å². The van der Waals surface area contributed by atoms with Crippen LogP contribution in [0.15, 0.2) is 22.7 Å². The SMILES string of the molecule is CCC(Nc1cc(Br)ccc1C(F)(F)F)C1CCCCC1. The lowest BCUT2D eigenvalue weighted by atomic mass is 9.82. The summed E-state index contributed by atoms with van der Waals surface area (Å²) in [6, 6.07) is 4.23. The summed E-state index contributed by atoms with van der Waals surface area (Å²) in [4.78, 5) is 0. The first kappa shape index (κ1) is 16.7. The molecule has 1 N–H and O–H groups in total. The molecule has 1 fully saturated rings. The lowest BCUT2D eigenvalue weighted by Crippen LogP contribution is -2.31. The minimum atomic E-state index is -4.33. The van der Waals surface area contributed by atoms with Crippen molar-refractivity contribution in [2.75, 3.05) is 5.32 Å². The number of halogens is 4. The molecule has 118 valence electrons. The third-order valence-electron chi connectivity index (χ3n) is 4.29. The molecule has 0 amide bonds. The molecule has 1 aromatic carbocycles. The fourth-order valence-electron chi connectivity index (χ4n) is 3.17. The predicted molar refractivity (Wildman–Crippen MR) is 83.4 cm³/mol. The largest absolute Gasteiger partial charge is 0.418 e. The van der Waals surface area contributed by atoms with Crippen molar-refractivity contribution in [1.82, 2.24) is 0 Å². The third kappa shape index (κ3) is 4.38. The summed E-state index contributed by atoms with van der Waals surface area (Å²) in [7, 11) is 0. The maximum atomic E-state index is 13.1. The molecule has 0 aliphatic heterocycles. The second-order valence-electron chi connectivity index (χ2n) is 5.74. The van der Waals surface area contributed by atoms with E-state index in [2.05, 4.69) is 21.2 Å². The van der Waals surface area contributed by atoms with Gasteiger partial charge in [-0.3, -0.25) is 0 Å². The zero-order valence-corrected chi connectivity index (χ0v) is 13.7. The minimum Gasteiger partial charge on any atom is -0.382 e. The van der Waals surface area contributed by atoms with Crippen LogP contribution in [-0.2, 0) is 6.18 Å². The normalized spacial score (nSPS) is 18.5. The lowest BCUT2D eigenvalue weighted by molar-refractivity contribution is -0.137. The highest BCUT2D eigenvalue weighted by Gasteiger charge is 2.34. The molecule has 5 heteroatoms. The van der Waals surface area contributed by atoms with E-state index in [9.17, 15) is 13.2 Å². The Labute approximate surface area is 132 Å². The van der Waals surface area contributed by atoms with Crippen molar-refractivity contribution in [3.63, 3.8) is 0 Å². The highest BCUT2D eigenvalue weighted by Crippen LogP contribution is 2.38. The monoisotopic (exact) mass is 363 g/mol. The Morgan fingerprint density at radius 1 is 1.24 bits per heavy atom. The van der Waals surface area contributed by atoms with Gasteiger partial charge in [0.2, 0.25) is 0 Å². The molecular formula is C16H21BrF3N. The molecule has 1 unspecified atom stereocenters. The summed E-state index contributed by atoms with van der Waals surface area (Å²) in [6.07, 6.45) is 2.36. The van der Waals surface area contributed by atoms with Crippen LogP contribution < -0.4 is 5.32 Å². The van der Waals surface area contributed by atoms with Crippen LogP contribution in [0, 0.1) is 5.92 Å². The van der Waals surface area contributed by atoms with E-state index in [0.29, 0.717) is 10.4 Å². The predicted octanol–water partition coefficient (Wildman–Crippen LogP) is 6.24. The molecule has 0 aromatic heterocycles. The molecule has 0 radical (unpaired) electrons. The Morgan fingerprint density at radius 2 is 1.90 bits per heavy atom. The van der Waals surface area contributed by atoms with Gasteiger partial charge < -0.3 is 5.32 Å². The van der Waals surface area contributed by atoms with Crippen molar-refractivity contribution in [1.29, 1.82) is 0 Å². The van der Waals surface area contributed by atoms with E-state index in [4.69, 9.17) is 0 Å². The Morgan fingerprint density at radius 3 is 2.48 bits per heavy atom. The Hall–Kier alpha value is -0.710. The summed E-state index contributed by atoms with van der Waals surface area (Å²) in [5.41, 5.74) is -0.394. The van der Waals surface area contributed by atoms with Crippen LogP contribution in [0.3, 0.4) is 0 Å². The highest BCUT2D eigenvalue weighted by molar-refractivity contribution is 9.10. The zero-order chi connectivity index (χ0) is 15.5. The molecule has 21 heavy (non-hydrogen) atoms. The second-order valence-corrected chi connectivity index (χ2v) is 6.66.